The number of hydrogen-bond donors (Lipinski definition) is 2. The van der Waals surface area contributed by atoms with Crippen LogP contribution in [0.2, 0.25) is 0 Å². The molecule has 1 aromatic rings. The number of methoxy groups -OCH3 is 1. The Morgan fingerprint density at radius 3 is 3.04 bits per heavy atom. The lowest BCUT2D eigenvalue weighted by atomic mass is 9.94. The molecule has 3 unspecified atom stereocenters. The molecule has 1 saturated heterocycles. The number of rotatable bonds is 6. The zero-order valence-electron chi connectivity index (χ0n) is 14.4. The van der Waals surface area contributed by atoms with Gasteiger partial charge < -0.3 is 20.1 Å². The standard InChI is InChI=1S/C19H30N2O2/c1-14-6-7-19(22-2)15(12-14)8-9-20-17-5-3-4-16(17)18-13-23-11-10-21-18/h6-7,12,16-18,20-21H,3-5,8-11,13H2,1-2H3. The number of morpholine rings is 1. The van der Waals surface area contributed by atoms with Gasteiger partial charge in [0.05, 0.1) is 20.3 Å². The SMILES string of the molecule is COc1ccc(C)cc1CCNC1CCCC1C1COCCN1. The molecule has 0 spiro atoms. The van der Waals surface area contributed by atoms with E-state index < -0.39 is 0 Å². The molecule has 0 radical (unpaired) electrons. The van der Waals surface area contributed by atoms with Gasteiger partial charge in [-0.3, -0.25) is 0 Å². The molecule has 4 nitrogen and oxygen atoms in total. The second kappa shape index (κ2) is 8.13. The fourth-order valence-electron chi connectivity index (χ4n) is 4.08. The lowest BCUT2D eigenvalue weighted by molar-refractivity contribution is 0.0526. The maximum absolute atomic E-state index is 5.65. The Labute approximate surface area is 139 Å². The first-order chi connectivity index (χ1) is 11.3. The van der Waals surface area contributed by atoms with Gasteiger partial charge in [0.2, 0.25) is 0 Å². The van der Waals surface area contributed by atoms with Crippen LogP contribution in [0.1, 0.15) is 30.4 Å². The first-order valence-electron chi connectivity index (χ1n) is 8.96. The first kappa shape index (κ1) is 16.7. The van der Waals surface area contributed by atoms with Crippen LogP contribution in [0, 0.1) is 12.8 Å². The number of hydrogen-bond acceptors (Lipinski definition) is 4. The third kappa shape index (κ3) is 4.25. The Morgan fingerprint density at radius 1 is 1.35 bits per heavy atom. The van der Waals surface area contributed by atoms with Crippen LogP contribution in [-0.4, -0.2) is 45.5 Å². The van der Waals surface area contributed by atoms with Gasteiger partial charge >= 0.3 is 0 Å². The highest BCUT2D eigenvalue weighted by Crippen LogP contribution is 2.29. The largest absolute Gasteiger partial charge is 0.496 e. The minimum Gasteiger partial charge on any atom is -0.496 e. The molecule has 23 heavy (non-hydrogen) atoms. The number of ether oxygens (including phenoxy) is 2. The third-order valence-corrected chi connectivity index (χ3v) is 5.27. The van der Waals surface area contributed by atoms with E-state index in [-0.39, 0.29) is 0 Å². The van der Waals surface area contributed by atoms with Crippen LogP contribution in [0.25, 0.3) is 0 Å². The van der Waals surface area contributed by atoms with Crippen LogP contribution in [-0.2, 0) is 11.2 Å². The van der Waals surface area contributed by atoms with Gasteiger partial charge in [-0.25, -0.2) is 0 Å². The van der Waals surface area contributed by atoms with Gasteiger partial charge in [0.15, 0.2) is 0 Å². The summed E-state index contributed by atoms with van der Waals surface area (Å²) in [6.07, 6.45) is 4.94. The molecular weight excluding hydrogens is 288 g/mol. The molecule has 2 fully saturated rings. The fraction of sp³-hybridized carbons (Fsp3) is 0.684. The first-order valence-corrected chi connectivity index (χ1v) is 8.96. The minimum atomic E-state index is 0.525. The quantitative estimate of drug-likeness (QED) is 0.844. The van der Waals surface area contributed by atoms with Crippen molar-refractivity contribution in [1.29, 1.82) is 0 Å². The average molecular weight is 318 g/mol. The molecule has 128 valence electrons. The van der Waals surface area contributed by atoms with E-state index in [9.17, 15) is 0 Å². The van der Waals surface area contributed by atoms with Crippen LogP contribution in [0.5, 0.6) is 5.75 Å². The van der Waals surface area contributed by atoms with Gasteiger partial charge in [0.1, 0.15) is 5.75 Å². The molecule has 2 N–H and O–H groups in total. The summed E-state index contributed by atoms with van der Waals surface area (Å²) in [6.45, 7) is 5.87. The predicted octanol–water partition coefficient (Wildman–Crippen LogP) is 2.29. The zero-order valence-corrected chi connectivity index (χ0v) is 14.4. The lowest BCUT2D eigenvalue weighted by Crippen LogP contribution is -2.51. The Kier molecular flexibility index (Phi) is 5.92. The van der Waals surface area contributed by atoms with E-state index in [4.69, 9.17) is 9.47 Å². The van der Waals surface area contributed by atoms with Gasteiger partial charge in [-0.05, 0) is 50.3 Å². The van der Waals surface area contributed by atoms with Crippen molar-refractivity contribution >= 4 is 0 Å². The summed E-state index contributed by atoms with van der Waals surface area (Å²) < 4.78 is 11.1. The van der Waals surface area contributed by atoms with Crippen molar-refractivity contribution in [3.63, 3.8) is 0 Å². The van der Waals surface area contributed by atoms with Crippen molar-refractivity contribution in [2.45, 2.75) is 44.7 Å². The number of aryl methyl sites for hydroxylation is 1. The normalized spacial score (nSPS) is 28.0. The van der Waals surface area contributed by atoms with E-state index in [1.54, 1.807) is 7.11 Å². The summed E-state index contributed by atoms with van der Waals surface area (Å²) in [6, 6.07) is 7.56. The fourth-order valence-corrected chi connectivity index (χ4v) is 4.08. The Balaban J connectivity index is 1.52. The molecule has 0 amide bonds. The van der Waals surface area contributed by atoms with E-state index in [2.05, 4.69) is 35.8 Å². The summed E-state index contributed by atoms with van der Waals surface area (Å²) in [7, 11) is 1.75. The molecule has 4 heteroatoms. The summed E-state index contributed by atoms with van der Waals surface area (Å²) in [4.78, 5) is 0. The molecule has 3 atom stereocenters. The molecular formula is C19H30N2O2. The highest BCUT2D eigenvalue weighted by Gasteiger charge is 2.34. The molecule has 3 rings (SSSR count). The van der Waals surface area contributed by atoms with Crippen LogP contribution in [0.15, 0.2) is 18.2 Å². The van der Waals surface area contributed by atoms with Crippen molar-refractivity contribution in [2.75, 3.05) is 33.4 Å². The van der Waals surface area contributed by atoms with Crippen LogP contribution < -0.4 is 15.4 Å². The summed E-state index contributed by atoms with van der Waals surface area (Å²) >= 11 is 0. The zero-order chi connectivity index (χ0) is 16.1. The third-order valence-electron chi connectivity index (χ3n) is 5.27. The van der Waals surface area contributed by atoms with Gasteiger partial charge in [-0.1, -0.05) is 24.1 Å². The monoisotopic (exact) mass is 318 g/mol. The average Bonchev–Trinajstić information content (AvgIpc) is 3.04. The maximum atomic E-state index is 5.65. The van der Waals surface area contributed by atoms with Crippen molar-refractivity contribution in [3.8, 4) is 5.75 Å². The Bertz CT molecular complexity index is 500. The van der Waals surface area contributed by atoms with Crippen LogP contribution >= 0.6 is 0 Å². The molecule has 1 aliphatic heterocycles. The van der Waals surface area contributed by atoms with Crippen molar-refractivity contribution < 1.29 is 9.47 Å². The number of nitrogens with one attached hydrogen (secondary N) is 2. The molecule has 0 aromatic heterocycles. The second-order valence-corrected chi connectivity index (χ2v) is 6.86. The molecule has 1 heterocycles. The van der Waals surface area contributed by atoms with E-state index in [0.717, 1.165) is 38.5 Å². The number of benzene rings is 1. The van der Waals surface area contributed by atoms with Crippen molar-refractivity contribution in [3.05, 3.63) is 29.3 Å². The second-order valence-electron chi connectivity index (χ2n) is 6.86. The van der Waals surface area contributed by atoms with Crippen LogP contribution in [0.3, 0.4) is 0 Å². The van der Waals surface area contributed by atoms with E-state index in [1.165, 1.54) is 30.4 Å². The van der Waals surface area contributed by atoms with Gasteiger partial charge in [-0.15, -0.1) is 0 Å². The van der Waals surface area contributed by atoms with Gasteiger partial charge in [-0.2, -0.15) is 0 Å². The van der Waals surface area contributed by atoms with E-state index >= 15 is 0 Å². The van der Waals surface area contributed by atoms with Crippen LogP contribution in [0.4, 0.5) is 0 Å². The summed E-state index contributed by atoms with van der Waals surface area (Å²) in [5.41, 5.74) is 2.59. The predicted molar refractivity (Wildman–Crippen MR) is 93.2 cm³/mol. The van der Waals surface area contributed by atoms with Crippen molar-refractivity contribution in [2.24, 2.45) is 5.92 Å². The van der Waals surface area contributed by atoms with Gasteiger partial charge in [0, 0.05) is 18.6 Å². The van der Waals surface area contributed by atoms with E-state index in [0.29, 0.717) is 18.0 Å². The Morgan fingerprint density at radius 2 is 2.26 bits per heavy atom. The summed E-state index contributed by atoms with van der Waals surface area (Å²) in [5.74, 6) is 1.71. The molecule has 1 aliphatic carbocycles. The minimum absolute atomic E-state index is 0.525. The highest BCUT2D eigenvalue weighted by molar-refractivity contribution is 5.37. The molecule has 1 aromatic carbocycles. The Hall–Kier alpha value is -1.10. The molecule has 1 saturated carbocycles. The van der Waals surface area contributed by atoms with Gasteiger partial charge in [0.25, 0.3) is 0 Å². The summed E-state index contributed by atoms with van der Waals surface area (Å²) in [5, 5.41) is 7.44. The molecule has 0 bridgehead atoms. The lowest BCUT2D eigenvalue weighted by Gasteiger charge is -2.33. The van der Waals surface area contributed by atoms with Crippen molar-refractivity contribution in [1.82, 2.24) is 10.6 Å². The molecule has 2 aliphatic rings. The topological polar surface area (TPSA) is 42.5 Å². The van der Waals surface area contributed by atoms with E-state index in [1.807, 2.05) is 0 Å². The highest BCUT2D eigenvalue weighted by atomic mass is 16.5. The maximum Gasteiger partial charge on any atom is 0.122 e. The smallest absolute Gasteiger partial charge is 0.122 e.